The molecule has 3 heterocycles. The first kappa shape index (κ1) is 27.0. The Bertz CT molecular complexity index is 1590. The Hall–Kier alpha value is -4.91. The number of aryl methyl sites for hydroxylation is 2. The number of hydrogen-bond donors (Lipinski definition) is 1. The summed E-state index contributed by atoms with van der Waals surface area (Å²) in [6, 6.07) is 32.6. The van der Waals surface area contributed by atoms with Crippen LogP contribution in [0.4, 0.5) is 16.2 Å². The maximum Gasteiger partial charge on any atom is 0.329 e. The van der Waals surface area contributed by atoms with Gasteiger partial charge in [0.05, 0.1) is 29.4 Å². The normalized spacial score (nSPS) is 20.8. The SMILES string of the molecule is O=C(O)[C@@H]1[C@H]2CC[C@@H](CN1C(=O)C(c1ccccc1)c1ccccc1)N2C(=O)N1c2ccccc2CCc2ccccc21. The Morgan fingerprint density at radius 1 is 0.674 bits per heavy atom. The molecular formula is C36H33N3O4. The second-order valence-electron chi connectivity index (χ2n) is 11.6. The molecule has 0 aromatic heterocycles. The van der Waals surface area contributed by atoms with E-state index in [0.29, 0.717) is 12.8 Å². The highest BCUT2D eigenvalue weighted by Gasteiger charge is 2.54. The smallest absolute Gasteiger partial charge is 0.329 e. The van der Waals surface area contributed by atoms with Gasteiger partial charge in [-0.2, -0.15) is 0 Å². The van der Waals surface area contributed by atoms with Crippen LogP contribution in [0.2, 0.25) is 0 Å². The number of aliphatic carboxylic acids is 1. The zero-order valence-electron chi connectivity index (χ0n) is 23.8. The Morgan fingerprint density at radius 3 is 1.72 bits per heavy atom. The fourth-order valence-electron chi connectivity index (χ4n) is 7.31. The molecule has 4 aromatic carbocycles. The van der Waals surface area contributed by atoms with Gasteiger partial charge in [-0.1, -0.05) is 97.1 Å². The third kappa shape index (κ3) is 4.65. The van der Waals surface area contributed by atoms with Crippen molar-refractivity contribution in [2.24, 2.45) is 0 Å². The van der Waals surface area contributed by atoms with Gasteiger partial charge in [0.25, 0.3) is 0 Å². The molecule has 1 N–H and O–H groups in total. The summed E-state index contributed by atoms with van der Waals surface area (Å²) in [4.78, 5) is 47.2. The minimum absolute atomic E-state index is 0.172. The summed E-state index contributed by atoms with van der Waals surface area (Å²) < 4.78 is 0. The highest BCUT2D eigenvalue weighted by atomic mass is 16.4. The number of fused-ring (bicyclic) bond motifs is 4. The number of carboxylic acids is 1. The number of carbonyl (C=O) groups is 3. The molecule has 2 fully saturated rings. The van der Waals surface area contributed by atoms with Gasteiger partial charge in [-0.25, -0.2) is 9.59 Å². The van der Waals surface area contributed by atoms with Gasteiger partial charge < -0.3 is 14.9 Å². The lowest BCUT2D eigenvalue weighted by Gasteiger charge is -2.47. The van der Waals surface area contributed by atoms with Crippen molar-refractivity contribution in [3.05, 3.63) is 131 Å². The molecule has 3 atom stereocenters. The molecule has 0 radical (unpaired) electrons. The van der Waals surface area contributed by atoms with Crippen molar-refractivity contribution in [2.45, 2.75) is 49.7 Å². The number of urea groups is 1. The number of amides is 3. The van der Waals surface area contributed by atoms with E-state index in [4.69, 9.17) is 0 Å². The van der Waals surface area contributed by atoms with Crippen molar-refractivity contribution in [3.8, 4) is 0 Å². The van der Waals surface area contributed by atoms with Gasteiger partial charge in [0.15, 0.2) is 0 Å². The largest absolute Gasteiger partial charge is 0.480 e. The first-order valence-corrected chi connectivity index (χ1v) is 14.9. The third-order valence-corrected chi connectivity index (χ3v) is 9.24. The molecule has 7 heteroatoms. The number of carboxylic acid groups (broad SMARTS) is 1. The van der Waals surface area contributed by atoms with Crippen LogP contribution in [0.1, 0.15) is 41.0 Å². The molecule has 2 saturated heterocycles. The molecule has 0 saturated carbocycles. The van der Waals surface area contributed by atoms with Crippen molar-refractivity contribution in [1.29, 1.82) is 0 Å². The molecule has 216 valence electrons. The number of hydrogen-bond acceptors (Lipinski definition) is 3. The molecule has 7 nitrogen and oxygen atoms in total. The number of likely N-dealkylation sites (tertiary alicyclic amines) is 1. The monoisotopic (exact) mass is 571 g/mol. The van der Waals surface area contributed by atoms with Gasteiger partial charge >= 0.3 is 12.0 Å². The summed E-state index contributed by atoms with van der Waals surface area (Å²) in [7, 11) is 0. The topological polar surface area (TPSA) is 81.2 Å². The van der Waals surface area contributed by atoms with Gasteiger partial charge in [-0.05, 0) is 60.1 Å². The molecule has 2 bridgehead atoms. The number of para-hydroxylation sites is 2. The molecule has 0 unspecified atom stereocenters. The Balaban J connectivity index is 1.27. The summed E-state index contributed by atoms with van der Waals surface area (Å²) in [6.45, 7) is 0.172. The fraction of sp³-hybridized carbons (Fsp3) is 0.250. The van der Waals surface area contributed by atoms with E-state index in [1.807, 2.05) is 97.1 Å². The van der Waals surface area contributed by atoms with Crippen LogP contribution in [0.15, 0.2) is 109 Å². The number of rotatable bonds is 4. The molecule has 0 aliphatic carbocycles. The van der Waals surface area contributed by atoms with Crippen LogP contribution in [0.3, 0.4) is 0 Å². The number of anilines is 2. The molecule has 0 spiro atoms. The highest BCUT2D eigenvalue weighted by molar-refractivity contribution is 6.02. The highest BCUT2D eigenvalue weighted by Crippen LogP contribution is 2.42. The van der Waals surface area contributed by atoms with E-state index in [2.05, 4.69) is 12.1 Å². The number of nitrogens with zero attached hydrogens (tertiary/aromatic N) is 3. The van der Waals surface area contributed by atoms with Crippen molar-refractivity contribution < 1.29 is 19.5 Å². The molecule has 43 heavy (non-hydrogen) atoms. The standard InChI is InChI=1S/C36H33N3O4/c40-34(32(26-13-3-1-4-14-26)27-15-5-2-6-16-27)37-23-28-21-22-31(33(37)35(41)42)38(28)36(43)39-29-17-9-7-11-24(29)19-20-25-12-8-10-18-30(25)39/h1-18,28,31-33H,19-23H2,(H,41,42)/t28-,31+,33-/m0/s1. The maximum absolute atomic E-state index is 14.7. The van der Waals surface area contributed by atoms with E-state index in [0.717, 1.165) is 46.5 Å². The minimum Gasteiger partial charge on any atom is -0.480 e. The van der Waals surface area contributed by atoms with Gasteiger partial charge in [0, 0.05) is 6.54 Å². The van der Waals surface area contributed by atoms with E-state index in [1.54, 1.807) is 9.80 Å². The van der Waals surface area contributed by atoms with Gasteiger partial charge in [-0.15, -0.1) is 0 Å². The summed E-state index contributed by atoms with van der Waals surface area (Å²) >= 11 is 0. The average molecular weight is 572 g/mol. The van der Waals surface area contributed by atoms with Crippen LogP contribution >= 0.6 is 0 Å². The van der Waals surface area contributed by atoms with Crippen LogP contribution in [-0.4, -0.2) is 57.5 Å². The summed E-state index contributed by atoms with van der Waals surface area (Å²) in [5.41, 5.74) is 5.44. The predicted octanol–water partition coefficient (Wildman–Crippen LogP) is 6.00. The van der Waals surface area contributed by atoms with Crippen LogP contribution in [0.5, 0.6) is 0 Å². The van der Waals surface area contributed by atoms with Gasteiger partial charge in [0.2, 0.25) is 5.91 Å². The van der Waals surface area contributed by atoms with Gasteiger partial charge in [-0.3, -0.25) is 9.69 Å². The summed E-state index contributed by atoms with van der Waals surface area (Å²) in [5.74, 6) is -1.98. The Morgan fingerprint density at radius 2 is 1.19 bits per heavy atom. The second-order valence-corrected chi connectivity index (χ2v) is 11.6. The van der Waals surface area contributed by atoms with Crippen molar-refractivity contribution in [3.63, 3.8) is 0 Å². The molecule has 4 aromatic rings. The molecular weight excluding hydrogens is 538 g/mol. The minimum atomic E-state index is -1.15. The van der Waals surface area contributed by atoms with E-state index >= 15 is 0 Å². The van der Waals surface area contributed by atoms with Gasteiger partial charge in [0.1, 0.15) is 6.04 Å². The lowest BCUT2D eigenvalue weighted by Crippen LogP contribution is -2.66. The molecule has 3 amide bonds. The lowest BCUT2D eigenvalue weighted by atomic mass is 9.88. The van der Waals surface area contributed by atoms with Crippen LogP contribution in [0.25, 0.3) is 0 Å². The van der Waals surface area contributed by atoms with Crippen LogP contribution in [0, 0.1) is 0 Å². The average Bonchev–Trinajstić information content (AvgIpc) is 3.23. The predicted molar refractivity (Wildman–Crippen MR) is 164 cm³/mol. The number of benzene rings is 4. The first-order chi connectivity index (χ1) is 21.0. The zero-order chi connectivity index (χ0) is 29.5. The number of carbonyl (C=O) groups excluding carboxylic acids is 2. The molecule has 7 rings (SSSR count). The van der Waals surface area contributed by atoms with Crippen molar-refractivity contribution >= 4 is 29.3 Å². The maximum atomic E-state index is 14.7. The second kappa shape index (κ2) is 11.1. The van der Waals surface area contributed by atoms with E-state index in [9.17, 15) is 19.5 Å². The lowest BCUT2D eigenvalue weighted by molar-refractivity contribution is -0.156. The quantitative estimate of drug-likeness (QED) is 0.326. The van der Waals surface area contributed by atoms with Crippen molar-refractivity contribution in [1.82, 2.24) is 9.80 Å². The number of piperazine rings is 1. The van der Waals surface area contributed by atoms with E-state index in [1.165, 1.54) is 4.90 Å². The Labute approximate surface area is 251 Å². The first-order valence-electron chi connectivity index (χ1n) is 14.9. The third-order valence-electron chi connectivity index (χ3n) is 9.24. The van der Waals surface area contributed by atoms with Crippen LogP contribution in [-0.2, 0) is 22.4 Å². The molecule has 3 aliphatic heterocycles. The van der Waals surface area contributed by atoms with E-state index in [-0.39, 0.29) is 24.5 Å². The molecule has 3 aliphatic rings. The summed E-state index contributed by atoms with van der Waals surface area (Å²) in [6.07, 6.45) is 2.78. The van der Waals surface area contributed by atoms with E-state index < -0.39 is 24.0 Å². The Kier molecular flexibility index (Phi) is 6.93. The summed E-state index contributed by atoms with van der Waals surface area (Å²) in [5, 5.41) is 10.6. The fourth-order valence-corrected chi connectivity index (χ4v) is 7.31. The van der Waals surface area contributed by atoms with Crippen LogP contribution < -0.4 is 4.90 Å². The van der Waals surface area contributed by atoms with Crippen molar-refractivity contribution in [2.75, 3.05) is 11.4 Å². The zero-order valence-corrected chi connectivity index (χ0v) is 23.8.